The van der Waals surface area contributed by atoms with Gasteiger partial charge < -0.3 is 15.7 Å². The van der Waals surface area contributed by atoms with Gasteiger partial charge in [0.2, 0.25) is 11.8 Å². The fraction of sp³-hybridized carbons (Fsp3) is 0.526. The van der Waals surface area contributed by atoms with Gasteiger partial charge in [0, 0.05) is 19.9 Å². The summed E-state index contributed by atoms with van der Waals surface area (Å²) in [5, 5.41) is 14.6. The van der Waals surface area contributed by atoms with Gasteiger partial charge in [0.15, 0.2) is 0 Å². The largest absolute Gasteiger partial charge is 0.481 e. The second kappa shape index (κ2) is 12.1. The molecule has 0 spiro atoms. The Morgan fingerprint density at radius 3 is 2.28 bits per heavy atom. The highest BCUT2D eigenvalue weighted by atomic mass is 16.4. The summed E-state index contributed by atoms with van der Waals surface area (Å²) in [6.07, 6.45) is 4.98. The Kier molecular flexibility index (Phi) is 9.97. The zero-order chi connectivity index (χ0) is 18.5. The third-order valence-electron chi connectivity index (χ3n) is 3.87. The molecule has 6 heteroatoms. The lowest BCUT2D eigenvalue weighted by atomic mass is 10.0. The van der Waals surface area contributed by atoms with Gasteiger partial charge in [-0.25, -0.2) is 0 Å². The Morgan fingerprint density at radius 1 is 1.00 bits per heavy atom. The van der Waals surface area contributed by atoms with E-state index in [0.29, 0.717) is 13.0 Å². The molecule has 0 heterocycles. The van der Waals surface area contributed by atoms with E-state index in [1.165, 1.54) is 6.92 Å². The Labute approximate surface area is 149 Å². The van der Waals surface area contributed by atoms with E-state index in [2.05, 4.69) is 10.6 Å². The quantitative estimate of drug-likeness (QED) is 0.506. The summed E-state index contributed by atoms with van der Waals surface area (Å²) in [6.45, 7) is 2.20. The van der Waals surface area contributed by atoms with Crippen LogP contribution >= 0.6 is 0 Å². The number of unbranched alkanes of at least 4 members (excludes halogenated alkanes) is 4. The van der Waals surface area contributed by atoms with E-state index in [1.54, 1.807) is 0 Å². The molecule has 0 bridgehead atoms. The Balaban J connectivity index is 2.24. The van der Waals surface area contributed by atoms with Crippen molar-refractivity contribution in [3.8, 4) is 0 Å². The van der Waals surface area contributed by atoms with Crippen molar-refractivity contribution in [2.45, 2.75) is 57.9 Å². The highest BCUT2D eigenvalue weighted by Gasteiger charge is 2.17. The molecule has 0 aliphatic carbocycles. The Hall–Kier alpha value is -2.37. The highest BCUT2D eigenvalue weighted by Crippen LogP contribution is 2.17. The molecule has 25 heavy (non-hydrogen) atoms. The SMILES string of the molecule is CC(=O)NCCCCCCCC(=O)NC(CC(=O)O)c1ccccc1. The van der Waals surface area contributed by atoms with Gasteiger partial charge in [-0.05, 0) is 18.4 Å². The molecule has 0 aromatic heterocycles. The van der Waals surface area contributed by atoms with Crippen molar-refractivity contribution >= 4 is 17.8 Å². The van der Waals surface area contributed by atoms with Crippen molar-refractivity contribution in [2.24, 2.45) is 0 Å². The van der Waals surface area contributed by atoms with Crippen molar-refractivity contribution in [1.82, 2.24) is 10.6 Å². The molecular formula is C19H28N2O4. The average Bonchev–Trinajstić information content (AvgIpc) is 2.57. The van der Waals surface area contributed by atoms with Crippen LogP contribution in [-0.4, -0.2) is 29.4 Å². The number of rotatable bonds is 12. The monoisotopic (exact) mass is 348 g/mol. The van der Waals surface area contributed by atoms with Gasteiger partial charge in [-0.15, -0.1) is 0 Å². The molecule has 0 saturated carbocycles. The number of hydrogen-bond donors (Lipinski definition) is 3. The van der Waals surface area contributed by atoms with Gasteiger partial charge >= 0.3 is 5.97 Å². The van der Waals surface area contributed by atoms with Gasteiger partial charge in [0.1, 0.15) is 0 Å². The van der Waals surface area contributed by atoms with E-state index in [9.17, 15) is 14.4 Å². The second-order valence-corrected chi connectivity index (χ2v) is 6.13. The second-order valence-electron chi connectivity index (χ2n) is 6.13. The summed E-state index contributed by atoms with van der Waals surface area (Å²) in [5.41, 5.74) is 0.802. The third-order valence-corrected chi connectivity index (χ3v) is 3.87. The van der Waals surface area contributed by atoms with Gasteiger partial charge in [-0.3, -0.25) is 14.4 Å². The molecule has 0 aliphatic rings. The number of aliphatic carboxylic acids is 1. The number of carbonyl (C=O) groups excluding carboxylic acids is 2. The fourth-order valence-corrected chi connectivity index (χ4v) is 2.58. The first-order chi connectivity index (χ1) is 12.0. The fourth-order valence-electron chi connectivity index (χ4n) is 2.58. The number of amides is 2. The summed E-state index contributed by atoms with van der Waals surface area (Å²) in [6, 6.07) is 8.67. The summed E-state index contributed by atoms with van der Waals surface area (Å²) < 4.78 is 0. The predicted octanol–water partition coefficient (Wildman–Crippen LogP) is 2.80. The number of benzene rings is 1. The van der Waals surface area contributed by atoms with Crippen LogP contribution in [0.5, 0.6) is 0 Å². The average molecular weight is 348 g/mol. The molecule has 1 unspecified atom stereocenters. The highest BCUT2D eigenvalue weighted by molar-refractivity contribution is 5.77. The molecule has 0 radical (unpaired) electrons. The molecule has 6 nitrogen and oxygen atoms in total. The minimum absolute atomic E-state index is 0.00833. The van der Waals surface area contributed by atoms with E-state index in [1.807, 2.05) is 30.3 Å². The Morgan fingerprint density at radius 2 is 1.64 bits per heavy atom. The summed E-state index contributed by atoms with van der Waals surface area (Å²) in [4.78, 5) is 33.8. The number of carbonyl (C=O) groups is 3. The van der Waals surface area contributed by atoms with Crippen molar-refractivity contribution in [1.29, 1.82) is 0 Å². The Bertz CT molecular complexity index is 546. The lowest BCUT2D eigenvalue weighted by molar-refractivity contribution is -0.137. The van der Waals surface area contributed by atoms with Crippen LogP contribution in [0.1, 0.15) is 63.5 Å². The molecular weight excluding hydrogens is 320 g/mol. The lowest BCUT2D eigenvalue weighted by Gasteiger charge is -2.17. The van der Waals surface area contributed by atoms with Crippen molar-refractivity contribution in [2.75, 3.05) is 6.54 Å². The zero-order valence-electron chi connectivity index (χ0n) is 14.8. The molecule has 138 valence electrons. The topological polar surface area (TPSA) is 95.5 Å². The van der Waals surface area contributed by atoms with Crippen molar-refractivity contribution < 1.29 is 19.5 Å². The summed E-state index contributed by atoms with van der Waals surface area (Å²) >= 11 is 0. The van der Waals surface area contributed by atoms with Gasteiger partial charge in [0.25, 0.3) is 0 Å². The van der Waals surface area contributed by atoms with Crippen LogP contribution in [0.3, 0.4) is 0 Å². The van der Waals surface area contributed by atoms with Crippen LogP contribution in [0, 0.1) is 0 Å². The van der Waals surface area contributed by atoms with Crippen LogP contribution in [0.25, 0.3) is 0 Å². The molecule has 0 aliphatic heterocycles. The molecule has 0 saturated heterocycles. The first-order valence-corrected chi connectivity index (χ1v) is 8.79. The molecule has 1 atom stereocenters. The van der Waals surface area contributed by atoms with E-state index in [4.69, 9.17) is 5.11 Å². The maximum Gasteiger partial charge on any atom is 0.305 e. The minimum atomic E-state index is -0.937. The van der Waals surface area contributed by atoms with Gasteiger partial charge in [0.05, 0.1) is 12.5 Å². The van der Waals surface area contributed by atoms with Crippen LogP contribution < -0.4 is 10.6 Å². The number of carboxylic acid groups (broad SMARTS) is 1. The van der Waals surface area contributed by atoms with E-state index >= 15 is 0 Å². The van der Waals surface area contributed by atoms with Gasteiger partial charge in [-0.1, -0.05) is 49.6 Å². The molecule has 2 amide bonds. The van der Waals surface area contributed by atoms with E-state index in [-0.39, 0.29) is 18.2 Å². The van der Waals surface area contributed by atoms with Crippen LogP contribution in [-0.2, 0) is 14.4 Å². The first-order valence-electron chi connectivity index (χ1n) is 8.79. The number of hydrogen-bond acceptors (Lipinski definition) is 3. The predicted molar refractivity (Wildman–Crippen MR) is 96.0 cm³/mol. The number of nitrogens with one attached hydrogen (secondary N) is 2. The molecule has 1 aromatic carbocycles. The smallest absolute Gasteiger partial charge is 0.305 e. The van der Waals surface area contributed by atoms with Crippen LogP contribution in [0.15, 0.2) is 30.3 Å². The lowest BCUT2D eigenvalue weighted by Crippen LogP contribution is -2.29. The third kappa shape index (κ3) is 10.2. The standard InChI is InChI=1S/C19H28N2O4/c1-15(22)20-13-9-4-2-3-8-12-18(23)21-17(14-19(24)25)16-10-6-5-7-11-16/h5-7,10-11,17H,2-4,8-9,12-14H2,1H3,(H,20,22)(H,21,23)(H,24,25). The maximum absolute atomic E-state index is 12.1. The van der Waals surface area contributed by atoms with E-state index in [0.717, 1.165) is 37.7 Å². The zero-order valence-corrected chi connectivity index (χ0v) is 14.8. The van der Waals surface area contributed by atoms with Gasteiger partial charge in [-0.2, -0.15) is 0 Å². The molecule has 1 aromatic rings. The minimum Gasteiger partial charge on any atom is -0.481 e. The summed E-state index contributed by atoms with van der Waals surface area (Å²) in [7, 11) is 0. The molecule has 0 fully saturated rings. The molecule has 1 rings (SSSR count). The normalized spacial score (nSPS) is 11.6. The van der Waals surface area contributed by atoms with E-state index < -0.39 is 12.0 Å². The molecule has 3 N–H and O–H groups in total. The van der Waals surface area contributed by atoms with Crippen LogP contribution in [0.4, 0.5) is 0 Å². The first kappa shape index (κ1) is 20.7. The summed E-state index contributed by atoms with van der Waals surface area (Å²) in [5.74, 6) is -1.06. The van der Waals surface area contributed by atoms with Crippen molar-refractivity contribution in [3.63, 3.8) is 0 Å². The van der Waals surface area contributed by atoms with Crippen molar-refractivity contribution in [3.05, 3.63) is 35.9 Å². The van der Waals surface area contributed by atoms with Crippen LogP contribution in [0.2, 0.25) is 0 Å². The number of carboxylic acids is 1. The maximum atomic E-state index is 12.1.